The molecule has 104 valence electrons. The van der Waals surface area contributed by atoms with Crippen molar-refractivity contribution < 1.29 is 9.53 Å². The summed E-state index contributed by atoms with van der Waals surface area (Å²) in [5.41, 5.74) is 2.10. The summed E-state index contributed by atoms with van der Waals surface area (Å²) < 4.78 is 5.10. The minimum atomic E-state index is -0.352. The Morgan fingerprint density at radius 2 is 2.11 bits per heavy atom. The van der Waals surface area contributed by atoms with E-state index in [4.69, 9.17) is 4.74 Å². The molecule has 0 atom stereocenters. The summed E-state index contributed by atoms with van der Waals surface area (Å²) in [6.07, 6.45) is 0.827. The molecule has 5 nitrogen and oxygen atoms in total. The van der Waals surface area contributed by atoms with Crippen molar-refractivity contribution in [2.45, 2.75) is 46.1 Å². The summed E-state index contributed by atoms with van der Waals surface area (Å²) in [6.45, 7) is 9.81. The average molecular weight is 263 g/mol. The summed E-state index contributed by atoms with van der Waals surface area (Å²) in [6, 6.07) is 0. The van der Waals surface area contributed by atoms with Crippen LogP contribution in [0, 0.1) is 0 Å². The fourth-order valence-electron chi connectivity index (χ4n) is 2.05. The van der Waals surface area contributed by atoms with Crippen molar-refractivity contribution in [1.82, 2.24) is 15.3 Å². The van der Waals surface area contributed by atoms with Gasteiger partial charge in [0, 0.05) is 30.5 Å². The van der Waals surface area contributed by atoms with E-state index in [1.54, 1.807) is 6.92 Å². The zero-order valence-electron chi connectivity index (χ0n) is 12.0. The molecule has 2 rings (SSSR count). The number of aromatic nitrogens is 2. The SMILES string of the molecule is CCOC(=O)c1nc(C(C)(C)C)nc2c1CNCC2. The van der Waals surface area contributed by atoms with E-state index in [1.165, 1.54) is 0 Å². The van der Waals surface area contributed by atoms with Crippen LogP contribution in [0.25, 0.3) is 0 Å². The molecule has 0 radical (unpaired) electrons. The minimum Gasteiger partial charge on any atom is -0.461 e. The van der Waals surface area contributed by atoms with Gasteiger partial charge in [-0.2, -0.15) is 0 Å². The van der Waals surface area contributed by atoms with Gasteiger partial charge in [0.1, 0.15) is 5.82 Å². The molecule has 19 heavy (non-hydrogen) atoms. The maximum atomic E-state index is 12.1. The minimum absolute atomic E-state index is 0.179. The summed E-state index contributed by atoms with van der Waals surface area (Å²) in [4.78, 5) is 21.1. The second-order valence-electron chi connectivity index (χ2n) is 5.72. The molecule has 0 fully saturated rings. The second-order valence-corrected chi connectivity index (χ2v) is 5.72. The molecule has 1 aliphatic rings. The predicted octanol–water partition coefficient (Wildman–Crippen LogP) is 1.60. The first-order valence-electron chi connectivity index (χ1n) is 6.71. The molecule has 0 aromatic carbocycles. The highest BCUT2D eigenvalue weighted by Crippen LogP contribution is 2.23. The number of nitrogens with one attached hydrogen (secondary N) is 1. The van der Waals surface area contributed by atoms with Gasteiger partial charge in [-0.3, -0.25) is 0 Å². The van der Waals surface area contributed by atoms with Crippen molar-refractivity contribution in [3.05, 3.63) is 22.8 Å². The summed E-state index contributed by atoms with van der Waals surface area (Å²) >= 11 is 0. The fourth-order valence-corrected chi connectivity index (χ4v) is 2.05. The number of hydrogen-bond donors (Lipinski definition) is 1. The standard InChI is InChI=1S/C14H21N3O2/c1-5-19-12(18)11-9-8-15-7-6-10(9)16-13(17-11)14(2,3)4/h15H,5-8H2,1-4H3. The first-order chi connectivity index (χ1) is 8.93. The van der Waals surface area contributed by atoms with Crippen LogP contribution in [0.5, 0.6) is 0 Å². The lowest BCUT2D eigenvalue weighted by atomic mass is 9.94. The van der Waals surface area contributed by atoms with Crippen LogP contribution in [0.4, 0.5) is 0 Å². The molecule has 0 amide bonds. The molecule has 0 unspecified atom stereocenters. The number of rotatable bonds is 2. The Balaban J connectivity index is 2.52. The molecule has 0 saturated heterocycles. The van der Waals surface area contributed by atoms with E-state index in [-0.39, 0.29) is 11.4 Å². The lowest BCUT2D eigenvalue weighted by molar-refractivity contribution is 0.0516. The third-order valence-corrected chi connectivity index (χ3v) is 3.07. The van der Waals surface area contributed by atoms with Crippen LogP contribution in [0.1, 0.15) is 55.3 Å². The van der Waals surface area contributed by atoms with E-state index < -0.39 is 0 Å². The van der Waals surface area contributed by atoms with Gasteiger partial charge in [0.2, 0.25) is 0 Å². The van der Waals surface area contributed by atoms with Gasteiger partial charge in [0.25, 0.3) is 0 Å². The highest BCUT2D eigenvalue weighted by atomic mass is 16.5. The number of esters is 1. The fraction of sp³-hybridized carbons (Fsp3) is 0.643. The maximum Gasteiger partial charge on any atom is 0.357 e. The van der Waals surface area contributed by atoms with Crippen LogP contribution in [0.3, 0.4) is 0 Å². The highest BCUT2D eigenvalue weighted by Gasteiger charge is 2.26. The van der Waals surface area contributed by atoms with Crippen molar-refractivity contribution in [3.63, 3.8) is 0 Å². The summed E-state index contributed by atoms with van der Waals surface area (Å²) in [5.74, 6) is 0.353. The highest BCUT2D eigenvalue weighted by molar-refractivity contribution is 5.89. The van der Waals surface area contributed by atoms with E-state index in [2.05, 4.69) is 15.3 Å². The van der Waals surface area contributed by atoms with Gasteiger partial charge in [-0.05, 0) is 6.92 Å². The zero-order chi connectivity index (χ0) is 14.0. The molecule has 0 spiro atoms. The Bertz CT molecular complexity index is 492. The average Bonchev–Trinajstić information content (AvgIpc) is 2.36. The molecule has 1 aromatic rings. The zero-order valence-corrected chi connectivity index (χ0v) is 12.0. The third-order valence-electron chi connectivity index (χ3n) is 3.07. The normalized spacial score (nSPS) is 14.9. The van der Waals surface area contributed by atoms with E-state index in [0.29, 0.717) is 24.7 Å². The molecule has 1 aromatic heterocycles. The quantitative estimate of drug-likeness (QED) is 0.821. The number of carbonyl (C=O) groups is 1. The van der Waals surface area contributed by atoms with Gasteiger partial charge in [-0.25, -0.2) is 14.8 Å². The number of nitrogens with zero attached hydrogens (tertiary/aromatic N) is 2. The van der Waals surface area contributed by atoms with Crippen LogP contribution in [0.15, 0.2) is 0 Å². The van der Waals surface area contributed by atoms with Crippen LogP contribution in [0.2, 0.25) is 0 Å². The molecule has 1 aliphatic heterocycles. The number of fused-ring (bicyclic) bond motifs is 1. The Kier molecular flexibility index (Phi) is 3.85. The maximum absolute atomic E-state index is 12.1. The Hall–Kier alpha value is -1.49. The first-order valence-corrected chi connectivity index (χ1v) is 6.71. The van der Waals surface area contributed by atoms with Gasteiger partial charge >= 0.3 is 5.97 Å². The predicted molar refractivity (Wildman–Crippen MR) is 72.1 cm³/mol. The molecule has 2 heterocycles. The van der Waals surface area contributed by atoms with E-state index in [1.807, 2.05) is 20.8 Å². The monoisotopic (exact) mass is 263 g/mol. The van der Waals surface area contributed by atoms with Crippen LogP contribution in [-0.2, 0) is 23.1 Å². The van der Waals surface area contributed by atoms with Crippen molar-refractivity contribution in [1.29, 1.82) is 0 Å². The largest absolute Gasteiger partial charge is 0.461 e. The van der Waals surface area contributed by atoms with Crippen molar-refractivity contribution in [2.24, 2.45) is 0 Å². The van der Waals surface area contributed by atoms with Gasteiger partial charge < -0.3 is 10.1 Å². The van der Waals surface area contributed by atoms with Gasteiger partial charge in [-0.15, -0.1) is 0 Å². The van der Waals surface area contributed by atoms with Crippen LogP contribution in [-0.4, -0.2) is 29.1 Å². The smallest absolute Gasteiger partial charge is 0.357 e. The van der Waals surface area contributed by atoms with Crippen LogP contribution >= 0.6 is 0 Å². The van der Waals surface area contributed by atoms with E-state index in [0.717, 1.165) is 24.2 Å². The molecule has 0 saturated carbocycles. The molecule has 0 aliphatic carbocycles. The van der Waals surface area contributed by atoms with Crippen molar-refractivity contribution in [2.75, 3.05) is 13.2 Å². The van der Waals surface area contributed by atoms with Crippen molar-refractivity contribution >= 4 is 5.97 Å². The molecule has 5 heteroatoms. The van der Waals surface area contributed by atoms with E-state index >= 15 is 0 Å². The third kappa shape index (κ3) is 2.92. The Morgan fingerprint density at radius 1 is 1.37 bits per heavy atom. The number of ether oxygens (including phenoxy) is 1. The van der Waals surface area contributed by atoms with Crippen molar-refractivity contribution in [3.8, 4) is 0 Å². The summed E-state index contributed by atoms with van der Waals surface area (Å²) in [5, 5.41) is 3.25. The van der Waals surface area contributed by atoms with Gasteiger partial charge in [-0.1, -0.05) is 20.8 Å². The molecular formula is C14H21N3O2. The first kappa shape index (κ1) is 13.9. The molecule has 0 bridgehead atoms. The number of carbonyl (C=O) groups excluding carboxylic acids is 1. The van der Waals surface area contributed by atoms with Crippen LogP contribution < -0.4 is 5.32 Å². The van der Waals surface area contributed by atoms with Gasteiger partial charge in [0.05, 0.1) is 12.3 Å². The van der Waals surface area contributed by atoms with Gasteiger partial charge in [0.15, 0.2) is 5.69 Å². The molecule has 1 N–H and O–H groups in total. The Morgan fingerprint density at radius 3 is 2.74 bits per heavy atom. The lowest BCUT2D eigenvalue weighted by Gasteiger charge is -2.23. The molecular weight excluding hydrogens is 242 g/mol. The summed E-state index contributed by atoms with van der Waals surface area (Å²) in [7, 11) is 0. The number of hydrogen-bond acceptors (Lipinski definition) is 5. The Labute approximate surface area is 113 Å². The second kappa shape index (κ2) is 5.25. The topological polar surface area (TPSA) is 64.1 Å². The lowest BCUT2D eigenvalue weighted by Crippen LogP contribution is -2.30. The van der Waals surface area contributed by atoms with E-state index in [9.17, 15) is 4.79 Å².